The van der Waals surface area contributed by atoms with Gasteiger partial charge in [0.05, 0.1) is 22.4 Å². The number of hydrogen-bond donors (Lipinski definition) is 2. The van der Waals surface area contributed by atoms with E-state index in [9.17, 15) is 9.59 Å². The SMILES string of the molecule is Cn1c(-c2cc3ccc(OCN[C@@H]4[C@@H]5CC[C@H]4N(C(=O)c4cc(F)c6c(c4)nc(-c4cc7ccc(C8CCOCC8)nc7n4CC4CC4)n6C)C5)nc3n2CC2CC2)nc2cc(C(=O)N3CCC[C@@H](N)C3)cc(F)c21. The van der Waals surface area contributed by atoms with Crippen molar-refractivity contribution in [2.24, 2.45) is 37.6 Å². The molecule has 388 valence electrons. The van der Waals surface area contributed by atoms with Crippen molar-refractivity contribution in [2.45, 2.75) is 101 Å². The molecule has 3 saturated heterocycles. The number of carbonyl (C=O) groups excluding carboxylic acids is 2. The summed E-state index contributed by atoms with van der Waals surface area (Å²) in [5.41, 5.74) is 12.8. The number of nitrogens with zero attached hydrogens (tertiary/aromatic N) is 10. The molecule has 0 unspecified atom stereocenters. The topological polar surface area (TPSA) is 168 Å². The summed E-state index contributed by atoms with van der Waals surface area (Å²) in [7, 11) is 3.66. The summed E-state index contributed by atoms with van der Waals surface area (Å²) in [5, 5.41) is 5.55. The second kappa shape index (κ2) is 18.2. The Morgan fingerprint density at radius 2 is 1.32 bits per heavy atom. The molecule has 0 radical (unpaired) electrons. The van der Waals surface area contributed by atoms with E-state index in [1.165, 1.54) is 25.0 Å². The van der Waals surface area contributed by atoms with E-state index in [0.717, 1.165) is 117 Å². The summed E-state index contributed by atoms with van der Waals surface area (Å²) in [6, 6.07) is 18.3. The molecule has 75 heavy (non-hydrogen) atoms. The number of halogens is 2. The standard InChI is InChI=1S/C57H62F2N12O4/c1-66-50-40(58)20-37(56(72)68-17-3-4-39(60)29-68)22-43(50)63-55(66)47-25-35-11-14-48(65-53(35)70(47)27-32-7-8-32)75-30-61-49-36-10-13-45(49)71(28-36)57(73)38-21-41(59)51-44(23-38)64-54(67(51)2)46-24-34-9-12-42(33-15-18-74-19-16-33)62-52(34)69(46)26-31-5-6-31/h9,11-12,14,20-25,31-33,36,39,45,49,61H,3-8,10,13,15-19,26-30,60H2,1-2H3/t36-,39-,45-,49-/m1/s1. The van der Waals surface area contributed by atoms with Crippen LogP contribution in [0, 0.1) is 29.4 Å². The van der Waals surface area contributed by atoms with Crippen LogP contribution in [-0.2, 0) is 31.9 Å². The van der Waals surface area contributed by atoms with Gasteiger partial charge in [-0.05, 0) is 137 Å². The molecule has 9 heterocycles. The van der Waals surface area contributed by atoms with Gasteiger partial charge in [0.1, 0.15) is 40.7 Å². The maximum atomic E-state index is 16.4. The maximum Gasteiger partial charge on any atom is 0.254 e. The third kappa shape index (κ3) is 8.25. The number of nitrogens with one attached hydrogen (secondary N) is 1. The molecule has 3 aliphatic heterocycles. The number of carbonyl (C=O) groups is 2. The van der Waals surface area contributed by atoms with Gasteiger partial charge in [0.25, 0.3) is 11.8 Å². The molecule has 6 aliphatic rings. The number of likely N-dealkylation sites (tertiary alicyclic amines) is 2. The lowest BCUT2D eigenvalue weighted by molar-refractivity contribution is 0.0692. The van der Waals surface area contributed by atoms with Crippen LogP contribution in [0.2, 0.25) is 0 Å². The lowest BCUT2D eigenvalue weighted by Crippen LogP contribution is -2.45. The van der Waals surface area contributed by atoms with E-state index in [0.29, 0.717) is 82.5 Å². The Hall–Kier alpha value is -6.76. The normalized spacial score (nSPS) is 22.3. The van der Waals surface area contributed by atoms with Gasteiger partial charge in [0, 0.05) is 118 Å². The van der Waals surface area contributed by atoms with Gasteiger partial charge < -0.3 is 43.3 Å². The Morgan fingerprint density at radius 1 is 0.707 bits per heavy atom. The van der Waals surface area contributed by atoms with E-state index in [1.54, 1.807) is 28.6 Å². The number of nitrogens with two attached hydrogens (primary N) is 1. The number of benzene rings is 2. The highest BCUT2D eigenvalue weighted by Gasteiger charge is 2.49. The zero-order chi connectivity index (χ0) is 50.8. The van der Waals surface area contributed by atoms with Gasteiger partial charge in [0.2, 0.25) is 5.88 Å². The zero-order valence-electron chi connectivity index (χ0n) is 42.5. The highest BCUT2D eigenvalue weighted by molar-refractivity contribution is 6.00. The first-order valence-electron chi connectivity index (χ1n) is 27.1. The molecule has 8 aromatic rings. The van der Waals surface area contributed by atoms with Gasteiger partial charge in [-0.25, -0.2) is 23.7 Å². The minimum absolute atomic E-state index is 0.00168. The van der Waals surface area contributed by atoms with Crippen LogP contribution in [0.3, 0.4) is 0 Å². The Bertz CT molecular complexity index is 3600. The van der Waals surface area contributed by atoms with Gasteiger partial charge >= 0.3 is 0 Å². The molecule has 2 aromatic carbocycles. The van der Waals surface area contributed by atoms with E-state index < -0.39 is 11.6 Å². The molecular weight excluding hydrogens is 955 g/mol. The van der Waals surface area contributed by atoms with E-state index in [4.69, 9.17) is 35.1 Å². The lowest BCUT2D eigenvalue weighted by atomic mass is 9.96. The van der Waals surface area contributed by atoms with Crippen molar-refractivity contribution in [3.8, 4) is 28.9 Å². The van der Waals surface area contributed by atoms with Crippen molar-refractivity contribution >= 4 is 55.9 Å². The number of fused-ring (bicyclic) bond motifs is 6. The van der Waals surface area contributed by atoms with Crippen molar-refractivity contribution in [2.75, 3.05) is 39.6 Å². The van der Waals surface area contributed by atoms with Crippen molar-refractivity contribution in [3.63, 3.8) is 0 Å². The predicted octanol–water partition coefficient (Wildman–Crippen LogP) is 8.28. The number of rotatable bonds is 13. The summed E-state index contributed by atoms with van der Waals surface area (Å²) in [6.07, 6.45) is 9.99. The number of hydrogen-bond acceptors (Lipinski definition) is 10. The quantitative estimate of drug-likeness (QED) is 0.107. The number of aryl methyl sites for hydroxylation is 2. The van der Waals surface area contributed by atoms with E-state index in [2.05, 4.69) is 32.7 Å². The Labute approximate surface area is 432 Å². The summed E-state index contributed by atoms with van der Waals surface area (Å²) in [6.45, 7) is 4.85. The first-order chi connectivity index (χ1) is 36.5. The zero-order valence-corrected chi connectivity index (χ0v) is 42.5. The molecule has 18 heteroatoms. The van der Waals surface area contributed by atoms with E-state index in [1.807, 2.05) is 34.7 Å². The van der Waals surface area contributed by atoms with Crippen molar-refractivity contribution < 1.29 is 27.8 Å². The Balaban J connectivity index is 0.685. The summed E-state index contributed by atoms with van der Waals surface area (Å²) in [4.78, 5) is 51.8. The number of ether oxygens (including phenoxy) is 2. The molecule has 3 aliphatic carbocycles. The molecule has 6 fully saturated rings. The van der Waals surface area contributed by atoms with Gasteiger partial charge in [-0.1, -0.05) is 0 Å². The number of aromatic nitrogens is 8. The minimum atomic E-state index is -0.501. The van der Waals surface area contributed by atoms with Gasteiger partial charge in [-0.3, -0.25) is 14.9 Å². The number of amides is 2. The van der Waals surface area contributed by atoms with Crippen LogP contribution in [0.1, 0.15) is 96.5 Å². The highest BCUT2D eigenvalue weighted by atomic mass is 19.1. The summed E-state index contributed by atoms with van der Waals surface area (Å²) < 4.78 is 52.3. The largest absolute Gasteiger partial charge is 0.462 e. The smallest absolute Gasteiger partial charge is 0.254 e. The van der Waals surface area contributed by atoms with Crippen molar-refractivity contribution in [3.05, 3.63) is 89.1 Å². The van der Waals surface area contributed by atoms with Crippen molar-refractivity contribution in [1.29, 1.82) is 0 Å². The third-order valence-corrected chi connectivity index (χ3v) is 17.3. The van der Waals surface area contributed by atoms with Gasteiger partial charge in [0.15, 0.2) is 11.6 Å². The van der Waals surface area contributed by atoms with Crippen molar-refractivity contribution in [1.82, 2.24) is 53.3 Å². The fourth-order valence-electron chi connectivity index (χ4n) is 13.0. The van der Waals surface area contributed by atoms with Crippen LogP contribution in [0.5, 0.6) is 5.88 Å². The monoisotopic (exact) mass is 1020 g/mol. The first-order valence-corrected chi connectivity index (χ1v) is 27.1. The Kier molecular flexibility index (Phi) is 11.4. The molecule has 3 N–H and O–H groups in total. The number of piperidine rings is 2. The molecule has 4 atom stereocenters. The van der Waals surface area contributed by atoms with E-state index >= 15 is 8.78 Å². The number of pyridine rings is 2. The lowest BCUT2D eigenvalue weighted by Gasteiger charge is -2.30. The van der Waals surface area contributed by atoms with Crippen LogP contribution < -0.4 is 15.8 Å². The minimum Gasteiger partial charge on any atom is -0.462 e. The summed E-state index contributed by atoms with van der Waals surface area (Å²) >= 11 is 0. The molecule has 3 saturated carbocycles. The maximum absolute atomic E-state index is 16.4. The average molecular weight is 1020 g/mol. The first kappa shape index (κ1) is 46.7. The molecular formula is C57H62F2N12O4. The fraction of sp³-hybridized carbons (Fsp3) is 0.474. The molecule has 2 bridgehead atoms. The van der Waals surface area contributed by atoms with Crippen LogP contribution in [0.25, 0.3) is 67.2 Å². The molecule has 6 aromatic heterocycles. The average Bonchev–Trinajstić information content (AvgIpc) is 4.22. The van der Waals surface area contributed by atoms with Crippen LogP contribution >= 0.6 is 0 Å². The molecule has 16 nitrogen and oxygen atoms in total. The summed E-state index contributed by atoms with van der Waals surface area (Å²) in [5.74, 6) is 1.93. The van der Waals surface area contributed by atoms with Gasteiger partial charge in [-0.15, -0.1) is 0 Å². The molecule has 0 spiro atoms. The Morgan fingerprint density at radius 3 is 1.95 bits per heavy atom. The second-order valence-corrected chi connectivity index (χ2v) is 22.4. The highest BCUT2D eigenvalue weighted by Crippen LogP contribution is 2.42. The fourth-order valence-corrected chi connectivity index (χ4v) is 13.0. The molecule has 2 amide bonds. The predicted molar refractivity (Wildman–Crippen MR) is 280 cm³/mol. The molecule has 14 rings (SSSR count). The second-order valence-electron chi connectivity index (χ2n) is 22.4. The number of imidazole rings is 2. The third-order valence-electron chi connectivity index (χ3n) is 17.3. The van der Waals surface area contributed by atoms with Crippen LogP contribution in [-0.4, -0.2) is 118 Å². The van der Waals surface area contributed by atoms with Crippen LogP contribution in [0.15, 0.2) is 60.7 Å². The van der Waals surface area contributed by atoms with E-state index in [-0.39, 0.29) is 48.2 Å². The van der Waals surface area contributed by atoms with Crippen LogP contribution in [0.4, 0.5) is 8.78 Å². The van der Waals surface area contributed by atoms with Gasteiger partial charge in [-0.2, -0.15) is 4.98 Å².